The minimum Gasteiger partial charge on any atom is -0.377 e. The van der Waals surface area contributed by atoms with Crippen LogP contribution < -0.4 is 10.2 Å². The predicted octanol–water partition coefficient (Wildman–Crippen LogP) is 5.20. The van der Waals surface area contributed by atoms with Crippen molar-refractivity contribution in [1.29, 1.82) is 0 Å². The first-order valence-corrected chi connectivity index (χ1v) is 12.0. The third kappa shape index (κ3) is 7.15. The maximum atomic E-state index is 13.9. The summed E-state index contributed by atoms with van der Waals surface area (Å²) in [4.78, 5) is 29.8. The Labute approximate surface area is 212 Å². The summed E-state index contributed by atoms with van der Waals surface area (Å²) < 4.78 is 18.5. The van der Waals surface area contributed by atoms with Gasteiger partial charge in [-0.3, -0.25) is 9.59 Å². The van der Waals surface area contributed by atoms with Crippen molar-refractivity contribution in [1.82, 2.24) is 4.90 Å². The Kier molecular flexibility index (Phi) is 9.59. The monoisotopic (exact) mass is 491 g/mol. The summed E-state index contributed by atoms with van der Waals surface area (Å²) in [6, 6.07) is 21.6. The Balaban J connectivity index is 1.98. The van der Waals surface area contributed by atoms with Gasteiger partial charge in [-0.05, 0) is 53.4 Å². The van der Waals surface area contributed by atoms with Crippen LogP contribution in [-0.2, 0) is 27.4 Å². The van der Waals surface area contributed by atoms with Crippen molar-refractivity contribution in [3.8, 4) is 0 Å². The molecule has 0 spiro atoms. The number of halogens is 1. The molecule has 7 heteroatoms. The van der Waals surface area contributed by atoms with Crippen LogP contribution >= 0.6 is 0 Å². The molecule has 0 aromatic heterocycles. The van der Waals surface area contributed by atoms with Gasteiger partial charge in [-0.1, -0.05) is 49.4 Å². The number of nitrogens with zero attached hydrogens (tertiary/aromatic N) is 2. The first-order valence-electron chi connectivity index (χ1n) is 12.0. The molecule has 0 radical (unpaired) electrons. The molecule has 3 rings (SSSR count). The number of carbonyl (C=O) groups is 2. The number of carbonyl (C=O) groups excluding carboxylic acids is 2. The Bertz CT molecular complexity index is 1150. The summed E-state index contributed by atoms with van der Waals surface area (Å²) >= 11 is 0. The van der Waals surface area contributed by atoms with Crippen LogP contribution in [0, 0.1) is 5.82 Å². The van der Waals surface area contributed by atoms with Crippen molar-refractivity contribution < 1.29 is 18.7 Å². The number of hydrogen-bond donors (Lipinski definition) is 1. The van der Waals surface area contributed by atoms with Crippen LogP contribution in [0.15, 0.2) is 72.8 Å². The minimum atomic E-state index is -0.318. The van der Waals surface area contributed by atoms with Crippen LogP contribution in [0.1, 0.15) is 36.0 Å². The molecule has 36 heavy (non-hydrogen) atoms. The first kappa shape index (κ1) is 26.9. The molecule has 3 aromatic carbocycles. The van der Waals surface area contributed by atoms with Crippen LogP contribution in [0.3, 0.4) is 0 Å². The van der Waals surface area contributed by atoms with Crippen molar-refractivity contribution in [2.75, 3.05) is 38.0 Å². The molecule has 0 saturated heterocycles. The van der Waals surface area contributed by atoms with Gasteiger partial charge in [-0.2, -0.15) is 0 Å². The molecule has 190 valence electrons. The zero-order chi connectivity index (χ0) is 26.1. The van der Waals surface area contributed by atoms with Crippen LogP contribution in [-0.4, -0.2) is 44.5 Å². The van der Waals surface area contributed by atoms with Crippen LogP contribution in [0.5, 0.6) is 0 Å². The maximum Gasteiger partial charge on any atom is 0.250 e. The molecule has 0 aliphatic rings. The van der Waals surface area contributed by atoms with Crippen molar-refractivity contribution >= 4 is 23.2 Å². The van der Waals surface area contributed by atoms with Gasteiger partial charge in [-0.15, -0.1) is 0 Å². The normalized spacial score (nSPS) is 11.6. The summed E-state index contributed by atoms with van der Waals surface area (Å²) in [6.07, 6.45) is 0.649. The summed E-state index contributed by atoms with van der Waals surface area (Å²) in [6.45, 7) is 2.61. The van der Waals surface area contributed by atoms with Crippen molar-refractivity contribution in [3.05, 3.63) is 95.3 Å². The number of ether oxygens (including phenoxy) is 1. The molecule has 0 aliphatic carbocycles. The fourth-order valence-electron chi connectivity index (χ4n) is 4.24. The second-order valence-electron chi connectivity index (χ2n) is 8.91. The summed E-state index contributed by atoms with van der Waals surface area (Å²) in [5.41, 5.74) is 4.24. The van der Waals surface area contributed by atoms with Gasteiger partial charge in [0.1, 0.15) is 12.4 Å². The van der Waals surface area contributed by atoms with E-state index >= 15 is 0 Å². The van der Waals surface area contributed by atoms with Gasteiger partial charge in [-0.25, -0.2) is 4.39 Å². The quantitative estimate of drug-likeness (QED) is 0.401. The summed E-state index contributed by atoms with van der Waals surface area (Å²) in [5, 5.41) is 2.84. The molecule has 6 nitrogen and oxygen atoms in total. The van der Waals surface area contributed by atoms with E-state index < -0.39 is 0 Å². The van der Waals surface area contributed by atoms with E-state index in [1.807, 2.05) is 74.4 Å². The van der Waals surface area contributed by atoms with E-state index in [1.165, 1.54) is 19.2 Å². The van der Waals surface area contributed by atoms with E-state index in [-0.39, 0.29) is 30.2 Å². The lowest BCUT2D eigenvalue weighted by Gasteiger charge is -2.29. The Morgan fingerprint density at radius 1 is 0.972 bits per heavy atom. The first-order chi connectivity index (χ1) is 17.3. The fourth-order valence-corrected chi connectivity index (χ4v) is 4.24. The number of rotatable bonds is 11. The second-order valence-corrected chi connectivity index (χ2v) is 8.91. The average Bonchev–Trinajstić information content (AvgIpc) is 2.86. The van der Waals surface area contributed by atoms with Gasteiger partial charge in [0.05, 0.1) is 5.92 Å². The van der Waals surface area contributed by atoms with Gasteiger partial charge in [0.2, 0.25) is 11.8 Å². The third-order valence-electron chi connectivity index (χ3n) is 5.99. The number of methoxy groups -OCH3 is 1. The molecular formula is C29H34FN3O3. The molecule has 0 aliphatic heterocycles. The third-order valence-corrected chi connectivity index (χ3v) is 5.99. The second kappa shape index (κ2) is 12.8. The zero-order valence-corrected chi connectivity index (χ0v) is 21.3. The van der Waals surface area contributed by atoms with Crippen LogP contribution in [0.2, 0.25) is 0 Å². The van der Waals surface area contributed by atoms with Crippen LogP contribution in [0.25, 0.3) is 0 Å². The SMILES string of the molecule is CC[C@H](C(=O)N(Cc1ccc(F)cc1)Cc1cc(NC(=O)COC)ccc1N(C)C)c1ccccc1. The molecule has 0 bridgehead atoms. The van der Waals surface area contributed by atoms with Gasteiger partial charge in [0.15, 0.2) is 0 Å². The van der Waals surface area contributed by atoms with Gasteiger partial charge >= 0.3 is 0 Å². The highest BCUT2D eigenvalue weighted by Crippen LogP contribution is 2.28. The number of nitrogens with one attached hydrogen (secondary N) is 1. The topological polar surface area (TPSA) is 61.9 Å². The van der Waals surface area contributed by atoms with Gasteiger partial charge in [0.25, 0.3) is 0 Å². The molecule has 3 aromatic rings. The largest absolute Gasteiger partial charge is 0.377 e. The number of anilines is 2. The summed E-state index contributed by atoms with van der Waals surface area (Å²) in [5.74, 6) is -0.886. The fraction of sp³-hybridized carbons (Fsp3) is 0.310. The maximum absolute atomic E-state index is 13.9. The van der Waals surface area contributed by atoms with E-state index in [0.717, 1.165) is 22.4 Å². The lowest BCUT2D eigenvalue weighted by Crippen LogP contribution is -2.34. The van der Waals surface area contributed by atoms with E-state index in [0.29, 0.717) is 25.2 Å². The molecule has 1 atom stereocenters. The highest BCUT2D eigenvalue weighted by molar-refractivity contribution is 5.92. The molecule has 0 fully saturated rings. The minimum absolute atomic E-state index is 0.00782. The lowest BCUT2D eigenvalue weighted by molar-refractivity contribution is -0.134. The van der Waals surface area contributed by atoms with Gasteiger partial charge in [0, 0.05) is 45.7 Å². The standard InChI is InChI=1S/C29H34FN3O3/c1-5-26(22-9-7-6-8-10-22)29(35)33(18-21-11-13-24(30)14-12-21)19-23-17-25(31-28(34)20-36-4)15-16-27(23)32(2)3/h6-17,26H,5,18-20H2,1-4H3,(H,31,34)/t26-/m0/s1. The highest BCUT2D eigenvalue weighted by Gasteiger charge is 2.26. The molecule has 2 amide bonds. The van der Waals surface area contributed by atoms with Crippen molar-refractivity contribution in [2.45, 2.75) is 32.4 Å². The van der Waals surface area contributed by atoms with E-state index in [4.69, 9.17) is 4.74 Å². The Hall–Kier alpha value is -3.71. The van der Waals surface area contributed by atoms with E-state index in [9.17, 15) is 14.0 Å². The number of hydrogen-bond acceptors (Lipinski definition) is 4. The molecular weight excluding hydrogens is 457 g/mol. The number of amides is 2. The van der Waals surface area contributed by atoms with E-state index in [2.05, 4.69) is 5.32 Å². The molecule has 0 unspecified atom stereocenters. The predicted molar refractivity (Wildman–Crippen MR) is 141 cm³/mol. The van der Waals surface area contributed by atoms with Crippen molar-refractivity contribution in [2.24, 2.45) is 0 Å². The van der Waals surface area contributed by atoms with Crippen molar-refractivity contribution in [3.63, 3.8) is 0 Å². The number of benzene rings is 3. The van der Waals surface area contributed by atoms with Gasteiger partial charge < -0.3 is 19.9 Å². The smallest absolute Gasteiger partial charge is 0.250 e. The van der Waals surface area contributed by atoms with Crippen LogP contribution in [0.4, 0.5) is 15.8 Å². The Morgan fingerprint density at radius 2 is 1.67 bits per heavy atom. The molecule has 1 N–H and O–H groups in total. The lowest BCUT2D eigenvalue weighted by atomic mass is 9.94. The zero-order valence-electron chi connectivity index (χ0n) is 21.3. The average molecular weight is 492 g/mol. The highest BCUT2D eigenvalue weighted by atomic mass is 19.1. The molecule has 0 heterocycles. The summed E-state index contributed by atoms with van der Waals surface area (Å²) in [7, 11) is 5.34. The Morgan fingerprint density at radius 3 is 2.28 bits per heavy atom. The molecule has 0 saturated carbocycles. The van der Waals surface area contributed by atoms with E-state index in [1.54, 1.807) is 17.0 Å².